The van der Waals surface area contributed by atoms with Crippen LogP contribution in [0.1, 0.15) is 28.9 Å². The molecule has 0 saturated heterocycles. The minimum atomic E-state index is -4.40. The van der Waals surface area contributed by atoms with Gasteiger partial charge in [0.2, 0.25) is 0 Å². The normalized spacial score (nSPS) is 13.2. The second-order valence-electron chi connectivity index (χ2n) is 4.61. The Morgan fingerprint density at radius 1 is 0.917 bits per heavy atom. The van der Waals surface area contributed by atoms with Crippen LogP contribution >= 0.6 is 44.6 Å². The SMILES string of the molecule is CC#[N+]C(C(=O)c1ccccc1)c1ccccc1.[Cl][Sn-]([Cl])([Cl])([Cl])[Cl]. The Morgan fingerprint density at radius 2 is 1.33 bits per heavy atom. The van der Waals surface area contributed by atoms with Crippen LogP contribution in [0, 0.1) is 6.07 Å². The Balaban J connectivity index is 0.000000413. The molecule has 2 rings (SSSR count). The molecule has 1 unspecified atom stereocenters. The van der Waals surface area contributed by atoms with Gasteiger partial charge >= 0.3 is 62.0 Å². The summed E-state index contributed by atoms with van der Waals surface area (Å²) in [5, 5.41) is 0. The number of rotatable bonds is 3. The molecule has 0 N–H and O–H groups in total. The Kier molecular flexibility index (Phi) is 8.68. The first kappa shape index (κ1) is 21.9. The maximum absolute atomic E-state index is 12.4. The zero-order chi connectivity index (χ0) is 18.2. The van der Waals surface area contributed by atoms with Gasteiger partial charge in [-0.05, 0) is 0 Å². The minimum absolute atomic E-state index is 0.00356. The molecule has 2 aromatic carbocycles. The summed E-state index contributed by atoms with van der Waals surface area (Å²) in [4.78, 5) is 16.6. The van der Waals surface area contributed by atoms with Crippen molar-refractivity contribution in [2.24, 2.45) is 0 Å². The second kappa shape index (κ2) is 9.52. The maximum atomic E-state index is 12.4. The van der Waals surface area contributed by atoms with Gasteiger partial charge in [0.05, 0.1) is 6.92 Å². The van der Waals surface area contributed by atoms with E-state index in [1.807, 2.05) is 60.7 Å². The first-order valence-corrected chi connectivity index (χ1v) is 24.9. The number of halogens is 5. The number of nitrogens with zero attached hydrogens (tertiary/aromatic N) is 1. The zero-order valence-electron chi connectivity index (χ0n) is 12.6. The molecule has 0 saturated carbocycles. The molecule has 1 atom stereocenters. The molecule has 2 aromatic rings. The van der Waals surface area contributed by atoms with Crippen molar-refractivity contribution in [3.8, 4) is 6.07 Å². The van der Waals surface area contributed by atoms with Gasteiger partial charge in [0.15, 0.2) is 0 Å². The summed E-state index contributed by atoms with van der Waals surface area (Å²) in [6, 6.07) is 21.0. The molecule has 0 aliphatic heterocycles. The molecule has 2 nitrogen and oxygen atoms in total. The van der Waals surface area contributed by atoms with E-state index < -0.39 is 17.4 Å². The van der Waals surface area contributed by atoms with Crippen LogP contribution in [0.25, 0.3) is 4.85 Å². The molecule has 0 aliphatic rings. The van der Waals surface area contributed by atoms with E-state index in [1.54, 1.807) is 6.92 Å². The summed E-state index contributed by atoms with van der Waals surface area (Å²) in [5.74, 6) is -0.00356. The molecule has 24 heavy (non-hydrogen) atoms. The van der Waals surface area contributed by atoms with E-state index in [0.717, 1.165) is 5.56 Å². The fourth-order valence-corrected chi connectivity index (χ4v) is 1.81. The van der Waals surface area contributed by atoms with Crippen LogP contribution in [0.3, 0.4) is 0 Å². The summed E-state index contributed by atoms with van der Waals surface area (Å²) < 4.78 is 0. The third-order valence-electron chi connectivity index (χ3n) is 2.68. The average molecular weight is 532 g/mol. The van der Waals surface area contributed by atoms with Crippen molar-refractivity contribution in [2.75, 3.05) is 0 Å². The van der Waals surface area contributed by atoms with Crippen molar-refractivity contribution in [2.45, 2.75) is 13.0 Å². The molecule has 0 fully saturated rings. The van der Waals surface area contributed by atoms with Crippen molar-refractivity contribution < 1.29 is 4.79 Å². The zero-order valence-corrected chi connectivity index (χ0v) is 19.2. The van der Waals surface area contributed by atoms with Crippen LogP contribution in [-0.2, 0) is 0 Å². The standard InChI is InChI=1S/C16H14NO.5ClH.Sn/c1-2-17-15(13-9-5-3-6-10-13)16(18)14-11-7-4-8-12-14;;;;;;/h3-12,15H,1H3;5*1H;/q+1;;;;;;+4/p-5. The topological polar surface area (TPSA) is 21.4 Å². The van der Waals surface area contributed by atoms with Gasteiger partial charge in [0, 0.05) is 11.1 Å². The Hall–Kier alpha value is -0.151. The van der Waals surface area contributed by atoms with E-state index in [9.17, 15) is 4.79 Å². The van der Waals surface area contributed by atoms with E-state index in [1.165, 1.54) is 0 Å². The number of hydrogen-bond donors (Lipinski definition) is 0. The predicted octanol–water partition coefficient (Wildman–Crippen LogP) is 7.03. The average Bonchev–Trinajstić information content (AvgIpc) is 2.51. The molecule has 8 heteroatoms. The number of hydrogen-bond acceptors (Lipinski definition) is 1. The van der Waals surface area contributed by atoms with Crippen molar-refractivity contribution in [3.63, 3.8) is 0 Å². The molecule has 0 heterocycles. The van der Waals surface area contributed by atoms with Gasteiger partial charge < -0.3 is 0 Å². The van der Waals surface area contributed by atoms with Gasteiger partial charge in [-0.1, -0.05) is 65.5 Å². The summed E-state index contributed by atoms with van der Waals surface area (Å²) in [6.45, 7) is 1.70. The molecule has 128 valence electrons. The first-order valence-electron chi connectivity index (χ1n) is 6.78. The van der Waals surface area contributed by atoms with Crippen LogP contribution in [0.2, 0.25) is 0 Å². The van der Waals surface area contributed by atoms with Gasteiger partial charge in [-0.25, -0.2) is 0 Å². The van der Waals surface area contributed by atoms with E-state index in [4.69, 9.17) is 44.6 Å². The Morgan fingerprint density at radius 3 is 1.75 bits per heavy atom. The van der Waals surface area contributed by atoms with Crippen LogP contribution in [-0.4, -0.2) is 17.1 Å². The molecule has 0 amide bonds. The van der Waals surface area contributed by atoms with Crippen molar-refractivity contribution in [1.82, 2.24) is 0 Å². The van der Waals surface area contributed by atoms with Crippen molar-refractivity contribution >= 4 is 61.8 Å². The number of carbonyl (C=O) groups excluding carboxylic acids is 1. The van der Waals surface area contributed by atoms with E-state index in [-0.39, 0.29) is 5.78 Å². The molecule has 0 bridgehead atoms. The van der Waals surface area contributed by atoms with Crippen LogP contribution in [0.15, 0.2) is 60.7 Å². The van der Waals surface area contributed by atoms with Crippen LogP contribution in [0.4, 0.5) is 0 Å². The summed E-state index contributed by atoms with van der Waals surface area (Å²) in [6.07, 6.45) is 0. The first-order chi connectivity index (χ1) is 11.1. The van der Waals surface area contributed by atoms with Gasteiger partial charge in [-0.2, -0.15) is 0 Å². The third kappa shape index (κ3) is 9.98. The number of Topliss-reactive ketones (excluding diaryl/α,β-unsaturated/α-hetero) is 1. The molecule has 0 radical (unpaired) electrons. The van der Waals surface area contributed by atoms with Gasteiger partial charge in [-0.15, -0.1) is 0 Å². The van der Waals surface area contributed by atoms with Crippen molar-refractivity contribution in [1.29, 1.82) is 0 Å². The number of carbonyl (C=O) groups is 1. The Labute approximate surface area is 161 Å². The second-order valence-corrected chi connectivity index (χ2v) is 47.0. The molecule has 0 aromatic heterocycles. The number of benzene rings is 2. The molecule has 0 aliphatic carbocycles. The van der Waals surface area contributed by atoms with E-state index in [0.29, 0.717) is 5.56 Å². The quantitative estimate of drug-likeness (QED) is 0.307. The van der Waals surface area contributed by atoms with Gasteiger partial charge in [0.25, 0.3) is 11.9 Å². The van der Waals surface area contributed by atoms with E-state index >= 15 is 0 Å². The molecular formula is C16H14Cl5NOSn. The molecular weight excluding hydrogens is 518 g/mol. The van der Waals surface area contributed by atoms with E-state index in [2.05, 4.69) is 10.9 Å². The van der Waals surface area contributed by atoms with Crippen LogP contribution in [0.5, 0.6) is 0 Å². The van der Waals surface area contributed by atoms with Crippen LogP contribution < -0.4 is 0 Å². The summed E-state index contributed by atoms with van der Waals surface area (Å²) in [5.41, 5.74) is 1.56. The van der Waals surface area contributed by atoms with Crippen molar-refractivity contribution in [3.05, 3.63) is 76.6 Å². The summed E-state index contributed by atoms with van der Waals surface area (Å²) >= 11 is -4.40. The monoisotopic (exact) mass is 531 g/mol. The fraction of sp³-hybridized carbons (Fsp3) is 0.125. The summed E-state index contributed by atoms with van der Waals surface area (Å²) in [7, 11) is 25.3. The fourth-order valence-electron chi connectivity index (χ4n) is 1.81. The third-order valence-corrected chi connectivity index (χ3v) is 2.68. The number of ketones is 1. The van der Waals surface area contributed by atoms with Gasteiger partial charge in [-0.3, -0.25) is 4.79 Å². The Bertz CT molecular complexity index is 716. The molecule has 0 spiro atoms. The predicted molar refractivity (Wildman–Crippen MR) is 108 cm³/mol. The van der Waals surface area contributed by atoms with Gasteiger partial charge in [0.1, 0.15) is 0 Å².